The largest absolute Gasteiger partial charge is 0.378 e. The molecular weight excluding hydrogens is 240 g/mol. The Morgan fingerprint density at radius 1 is 1.35 bits per heavy atom. The molecule has 1 N–H and O–H groups in total. The molecule has 1 aromatic rings. The number of aromatic nitrogens is 2. The Morgan fingerprint density at radius 3 is 2.82 bits per heavy atom. The van der Waals surface area contributed by atoms with E-state index in [1.165, 1.54) is 24.2 Å². The van der Waals surface area contributed by atoms with Gasteiger partial charge in [-0.2, -0.15) is 0 Å². The molecule has 7 heteroatoms. The Bertz CT molecular complexity index is 412. The molecule has 0 spiro atoms. The number of rotatable bonds is 2. The lowest BCUT2D eigenvalue weighted by molar-refractivity contribution is 0.0564. The van der Waals surface area contributed by atoms with E-state index in [1.54, 1.807) is 4.90 Å². The maximum atomic E-state index is 11.9. The Hall–Kier alpha value is -1.21. The van der Waals surface area contributed by atoms with Gasteiger partial charge >= 0.3 is 6.03 Å². The van der Waals surface area contributed by atoms with Gasteiger partial charge in [0.25, 0.3) is 0 Å². The summed E-state index contributed by atoms with van der Waals surface area (Å²) in [6, 6.07) is -0.105. The lowest BCUT2D eigenvalue weighted by Gasteiger charge is -2.26. The van der Waals surface area contributed by atoms with Crippen molar-refractivity contribution in [3.05, 3.63) is 5.01 Å². The van der Waals surface area contributed by atoms with Crippen LogP contribution in [-0.2, 0) is 4.74 Å². The van der Waals surface area contributed by atoms with Gasteiger partial charge in [-0.05, 0) is 12.8 Å². The van der Waals surface area contributed by atoms with Gasteiger partial charge in [0.05, 0.1) is 13.2 Å². The summed E-state index contributed by atoms with van der Waals surface area (Å²) in [6.07, 6.45) is 2.40. The van der Waals surface area contributed by atoms with Crippen molar-refractivity contribution in [3.63, 3.8) is 0 Å². The van der Waals surface area contributed by atoms with Crippen LogP contribution in [0.2, 0.25) is 0 Å². The van der Waals surface area contributed by atoms with Crippen molar-refractivity contribution >= 4 is 22.5 Å². The Labute approximate surface area is 103 Å². The molecule has 2 fully saturated rings. The minimum Gasteiger partial charge on any atom is -0.378 e. The average Bonchev–Trinajstić information content (AvgIpc) is 3.12. The van der Waals surface area contributed by atoms with Crippen LogP contribution in [0.5, 0.6) is 0 Å². The molecule has 2 amide bonds. The molecule has 1 aliphatic heterocycles. The fourth-order valence-corrected chi connectivity index (χ4v) is 2.62. The fraction of sp³-hybridized carbons (Fsp3) is 0.700. The molecule has 6 nitrogen and oxygen atoms in total. The Kier molecular flexibility index (Phi) is 2.94. The molecule has 17 heavy (non-hydrogen) atoms. The quantitative estimate of drug-likeness (QED) is 0.863. The first-order valence-corrected chi connectivity index (χ1v) is 6.61. The molecular formula is C10H14N4O2S. The zero-order valence-electron chi connectivity index (χ0n) is 9.39. The molecule has 0 atom stereocenters. The van der Waals surface area contributed by atoms with Crippen molar-refractivity contribution in [2.24, 2.45) is 0 Å². The van der Waals surface area contributed by atoms with Crippen LogP contribution in [-0.4, -0.2) is 47.4 Å². The second kappa shape index (κ2) is 4.58. The first kappa shape index (κ1) is 10.9. The molecule has 1 saturated carbocycles. The van der Waals surface area contributed by atoms with Gasteiger partial charge in [-0.25, -0.2) is 4.79 Å². The molecule has 1 saturated heterocycles. The average molecular weight is 254 g/mol. The maximum absolute atomic E-state index is 11.9. The molecule has 1 aromatic heterocycles. The van der Waals surface area contributed by atoms with Crippen molar-refractivity contribution in [1.29, 1.82) is 0 Å². The maximum Gasteiger partial charge on any atom is 0.323 e. The number of hydrogen-bond donors (Lipinski definition) is 1. The zero-order valence-corrected chi connectivity index (χ0v) is 10.2. The van der Waals surface area contributed by atoms with Gasteiger partial charge in [-0.3, -0.25) is 5.32 Å². The molecule has 2 aliphatic rings. The summed E-state index contributed by atoms with van der Waals surface area (Å²) >= 11 is 1.48. The van der Waals surface area contributed by atoms with E-state index in [-0.39, 0.29) is 6.03 Å². The van der Waals surface area contributed by atoms with E-state index in [2.05, 4.69) is 15.5 Å². The van der Waals surface area contributed by atoms with E-state index in [0.717, 1.165) is 5.01 Å². The minimum atomic E-state index is -0.105. The van der Waals surface area contributed by atoms with E-state index in [0.29, 0.717) is 37.4 Å². The van der Waals surface area contributed by atoms with Gasteiger partial charge in [0.15, 0.2) is 0 Å². The van der Waals surface area contributed by atoms with Crippen LogP contribution < -0.4 is 5.32 Å². The molecule has 0 aromatic carbocycles. The summed E-state index contributed by atoms with van der Waals surface area (Å²) < 4.78 is 5.20. The number of nitrogens with one attached hydrogen (secondary N) is 1. The minimum absolute atomic E-state index is 0.105. The normalized spacial score (nSPS) is 20.4. The molecule has 0 radical (unpaired) electrons. The van der Waals surface area contributed by atoms with Gasteiger partial charge < -0.3 is 9.64 Å². The summed E-state index contributed by atoms with van der Waals surface area (Å²) in [5.74, 6) is 0.585. The lowest BCUT2D eigenvalue weighted by Crippen LogP contribution is -2.43. The van der Waals surface area contributed by atoms with Crippen LogP contribution in [0.4, 0.5) is 9.93 Å². The van der Waals surface area contributed by atoms with Crippen LogP contribution >= 0.6 is 11.3 Å². The Balaban J connectivity index is 1.58. The second-order valence-electron chi connectivity index (χ2n) is 4.25. The molecule has 2 heterocycles. The first-order valence-electron chi connectivity index (χ1n) is 5.80. The second-order valence-corrected chi connectivity index (χ2v) is 5.26. The fourth-order valence-electron chi connectivity index (χ4n) is 1.72. The molecule has 0 bridgehead atoms. The van der Waals surface area contributed by atoms with E-state index in [1.807, 2.05) is 0 Å². The zero-order chi connectivity index (χ0) is 11.7. The van der Waals surface area contributed by atoms with Crippen LogP contribution in [0.15, 0.2) is 0 Å². The lowest BCUT2D eigenvalue weighted by atomic mass is 10.4. The topological polar surface area (TPSA) is 67.4 Å². The van der Waals surface area contributed by atoms with Crippen molar-refractivity contribution in [1.82, 2.24) is 15.1 Å². The van der Waals surface area contributed by atoms with Crippen molar-refractivity contribution < 1.29 is 9.53 Å². The number of anilines is 1. The van der Waals surface area contributed by atoms with Gasteiger partial charge in [-0.15, -0.1) is 10.2 Å². The summed E-state index contributed by atoms with van der Waals surface area (Å²) in [5, 5.41) is 12.5. The van der Waals surface area contributed by atoms with Gasteiger partial charge in [0, 0.05) is 19.0 Å². The number of carbonyl (C=O) groups excluding carboxylic acids is 1. The van der Waals surface area contributed by atoms with Crippen molar-refractivity contribution in [2.75, 3.05) is 31.6 Å². The highest BCUT2D eigenvalue weighted by Gasteiger charge is 2.28. The third kappa shape index (κ3) is 2.55. The third-order valence-electron chi connectivity index (χ3n) is 2.88. The summed E-state index contributed by atoms with van der Waals surface area (Å²) in [5.41, 5.74) is 0. The molecule has 92 valence electrons. The van der Waals surface area contributed by atoms with Gasteiger partial charge in [-0.1, -0.05) is 11.3 Å². The molecule has 0 unspecified atom stereocenters. The standard InChI is InChI=1S/C10H14N4O2S/c15-10(14-3-5-16-6-4-14)11-9-13-12-8(17-9)7-1-2-7/h7H,1-6H2,(H,11,13,15). The summed E-state index contributed by atoms with van der Waals surface area (Å²) in [4.78, 5) is 13.6. The summed E-state index contributed by atoms with van der Waals surface area (Å²) in [7, 11) is 0. The number of hydrogen-bond acceptors (Lipinski definition) is 5. The highest BCUT2D eigenvalue weighted by Crippen LogP contribution is 2.42. The van der Waals surface area contributed by atoms with Crippen LogP contribution in [0.1, 0.15) is 23.8 Å². The van der Waals surface area contributed by atoms with E-state index in [9.17, 15) is 4.79 Å². The van der Waals surface area contributed by atoms with Crippen molar-refractivity contribution in [3.8, 4) is 0 Å². The molecule has 3 rings (SSSR count). The third-order valence-corrected chi connectivity index (χ3v) is 3.88. The van der Waals surface area contributed by atoms with E-state index >= 15 is 0 Å². The van der Waals surface area contributed by atoms with Crippen LogP contribution in [0, 0.1) is 0 Å². The summed E-state index contributed by atoms with van der Waals surface area (Å²) in [6.45, 7) is 2.49. The number of ether oxygens (including phenoxy) is 1. The number of morpholine rings is 1. The van der Waals surface area contributed by atoms with Crippen LogP contribution in [0.25, 0.3) is 0 Å². The number of nitrogens with zero attached hydrogens (tertiary/aromatic N) is 3. The van der Waals surface area contributed by atoms with Crippen LogP contribution in [0.3, 0.4) is 0 Å². The van der Waals surface area contributed by atoms with E-state index in [4.69, 9.17) is 4.74 Å². The SMILES string of the molecule is O=C(Nc1nnc(C2CC2)s1)N1CCOCC1. The molecule has 1 aliphatic carbocycles. The Morgan fingerprint density at radius 2 is 2.12 bits per heavy atom. The monoisotopic (exact) mass is 254 g/mol. The van der Waals surface area contributed by atoms with E-state index < -0.39 is 0 Å². The van der Waals surface area contributed by atoms with Crippen molar-refractivity contribution in [2.45, 2.75) is 18.8 Å². The smallest absolute Gasteiger partial charge is 0.323 e. The number of carbonyl (C=O) groups is 1. The number of urea groups is 1. The first-order chi connectivity index (χ1) is 8.33. The highest BCUT2D eigenvalue weighted by atomic mass is 32.1. The van der Waals surface area contributed by atoms with Gasteiger partial charge in [0.1, 0.15) is 5.01 Å². The highest BCUT2D eigenvalue weighted by molar-refractivity contribution is 7.15. The van der Waals surface area contributed by atoms with Gasteiger partial charge in [0.2, 0.25) is 5.13 Å². The predicted molar refractivity (Wildman–Crippen MR) is 63.3 cm³/mol. The predicted octanol–water partition coefficient (Wildman–Crippen LogP) is 1.28. The number of amides is 2.